The van der Waals surface area contributed by atoms with Crippen LogP contribution >= 0.6 is 11.6 Å². The van der Waals surface area contributed by atoms with Gasteiger partial charge < -0.3 is 4.74 Å². The second kappa shape index (κ2) is 5.93. The zero-order valence-corrected chi connectivity index (χ0v) is 12.2. The van der Waals surface area contributed by atoms with Crippen molar-refractivity contribution in [1.29, 1.82) is 0 Å². The molecular formula is C15H12ClNO4. The Morgan fingerprint density at radius 1 is 1.29 bits per heavy atom. The van der Waals surface area contributed by atoms with Crippen LogP contribution in [0.2, 0.25) is 5.02 Å². The van der Waals surface area contributed by atoms with Gasteiger partial charge in [0.15, 0.2) is 5.78 Å². The van der Waals surface area contributed by atoms with Gasteiger partial charge in [-0.1, -0.05) is 23.7 Å². The predicted molar refractivity (Wildman–Crippen MR) is 79.4 cm³/mol. The average Bonchev–Trinajstić information content (AvgIpc) is 2.40. The normalized spacial score (nSPS) is 10.2. The van der Waals surface area contributed by atoms with Crippen molar-refractivity contribution in [2.45, 2.75) is 13.8 Å². The molecule has 0 radical (unpaired) electrons. The molecule has 0 amide bonds. The molecule has 6 heteroatoms. The molecule has 0 fully saturated rings. The maximum absolute atomic E-state index is 11.3. The van der Waals surface area contributed by atoms with Crippen LogP contribution in [0.3, 0.4) is 0 Å². The molecular weight excluding hydrogens is 294 g/mol. The number of benzene rings is 2. The third kappa shape index (κ3) is 3.20. The molecule has 0 bridgehead atoms. The molecule has 0 aromatic heterocycles. The quantitative estimate of drug-likeness (QED) is 0.472. The number of nitro benzene ring substituents is 1. The van der Waals surface area contributed by atoms with E-state index in [4.69, 9.17) is 16.3 Å². The van der Waals surface area contributed by atoms with Crippen molar-refractivity contribution >= 4 is 23.1 Å². The monoisotopic (exact) mass is 305 g/mol. The van der Waals surface area contributed by atoms with E-state index in [0.717, 1.165) is 0 Å². The van der Waals surface area contributed by atoms with Crippen molar-refractivity contribution in [3.63, 3.8) is 0 Å². The largest absolute Gasteiger partial charge is 0.450 e. The fraction of sp³-hybridized carbons (Fsp3) is 0.133. The summed E-state index contributed by atoms with van der Waals surface area (Å²) in [4.78, 5) is 21.8. The molecule has 2 aromatic rings. The lowest BCUT2D eigenvalue weighted by atomic mass is 10.1. The van der Waals surface area contributed by atoms with Gasteiger partial charge in [-0.15, -0.1) is 0 Å². The number of halogens is 1. The van der Waals surface area contributed by atoms with E-state index >= 15 is 0 Å². The molecule has 0 aliphatic rings. The third-order valence-electron chi connectivity index (χ3n) is 2.93. The Kier molecular flexibility index (Phi) is 4.23. The SMILES string of the molecule is CC(=O)c1ccc(Oc2c(C)cccc2[N+](=O)[O-])cc1Cl. The average molecular weight is 306 g/mol. The highest BCUT2D eigenvalue weighted by Crippen LogP contribution is 2.35. The summed E-state index contributed by atoms with van der Waals surface area (Å²) in [6.45, 7) is 3.13. The van der Waals surface area contributed by atoms with Crippen LogP contribution in [0.5, 0.6) is 11.5 Å². The number of carbonyl (C=O) groups is 1. The molecule has 0 spiro atoms. The minimum absolute atomic E-state index is 0.123. The smallest absolute Gasteiger partial charge is 0.311 e. The van der Waals surface area contributed by atoms with Crippen molar-refractivity contribution in [2.24, 2.45) is 0 Å². The van der Waals surface area contributed by atoms with Gasteiger partial charge in [0, 0.05) is 17.7 Å². The van der Waals surface area contributed by atoms with Crippen LogP contribution in [-0.2, 0) is 0 Å². The molecule has 0 N–H and O–H groups in total. The lowest BCUT2D eigenvalue weighted by Crippen LogP contribution is -1.97. The number of aryl methyl sites for hydroxylation is 1. The van der Waals surface area contributed by atoms with E-state index < -0.39 is 4.92 Å². The van der Waals surface area contributed by atoms with Gasteiger partial charge in [0.2, 0.25) is 5.75 Å². The zero-order chi connectivity index (χ0) is 15.6. The Hall–Kier alpha value is -2.40. The zero-order valence-electron chi connectivity index (χ0n) is 11.4. The van der Waals surface area contributed by atoms with E-state index in [-0.39, 0.29) is 22.2 Å². The number of Topliss-reactive ketones (excluding diaryl/α,β-unsaturated/α-hetero) is 1. The van der Waals surface area contributed by atoms with E-state index in [0.29, 0.717) is 16.9 Å². The molecule has 0 atom stereocenters. The van der Waals surface area contributed by atoms with Gasteiger partial charge in [0.25, 0.3) is 0 Å². The lowest BCUT2D eigenvalue weighted by molar-refractivity contribution is -0.385. The van der Waals surface area contributed by atoms with Crippen LogP contribution in [0.15, 0.2) is 36.4 Å². The van der Waals surface area contributed by atoms with Crippen molar-refractivity contribution in [3.8, 4) is 11.5 Å². The molecule has 21 heavy (non-hydrogen) atoms. The highest BCUT2D eigenvalue weighted by Gasteiger charge is 2.18. The Bertz CT molecular complexity index is 728. The first-order chi connectivity index (χ1) is 9.90. The van der Waals surface area contributed by atoms with Crippen molar-refractivity contribution < 1.29 is 14.5 Å². The van der Waals surface area contributed by atoms with Gasteiger partial charge in [-0.2, -0.15) is 0 Å². The number of para-hydroxylation sites is 1. The number of ketones is 1. The van der Waals surface area contributed by atoms with Crippen LogP contribution in [0.1, 0.15) is 22.8 Å². The molecule has 0 saturated carbocycles. The van der Waals surface area contributed by atoms with Crippen LogP contribution in [0.25, 0.3) is 0 Å². The Labute approximate surface area is 126 Å². The standard InChI is InChI=1S/C15H12ClNO4/c1-9-4-3-5-14(17(19)20)15(9)21-11-6-7-12(10(2)18)13(16)8-11/h3-8H,1-2H3. The van der Waals surface area contributed by atoms with Gasteiger partial charge in [0.1, 0.15) is 5.75 Å². The Morgan fingerprint density at radius 2 is 2.00 bits per heavy atom. The van der Waals surface area contributed by atoms with E-state index in [9.17, 15) is 14.9 Å². The molecule has 0 aliphatic heterocycles. The van der Waals surface area contributed by atoms with Crippen LogP contribution in [0.4, 0.5) is 5.69 Å². The number of carbonyl (C=O) groups excluding carboxylic acids is 1. The van der Waals surface area contributed by atoms with E-state index in [1.54, 1.807) is 25.1 Å². The van der Waals surface area contributed by atoms with Gasteiger partial charge in [-0.25, -0.2) is 0 Å². The van der Waals surface area contributed by atoms with Gasteiger partial charge in [-0.3, -0.25) is 14.9 Å². The Balaban J connectivity index is 2.41. The van der Waals surface area contributed by atoms with Crippen LogP contribution in [0, 0.1) is 17.0 Å². The number of rotatable bonds is 4. The highest BCUT2D eigenvalue weighted by atomic mass is 35.5. The van der Waals surface area contributed by atoms with Gasteiger partial charge in [-0.05, 0) is 31.5 Å². The van der Waals surface area contributed by atoms with Crippen LogP contribution < -0.4 is 4.74 Å². The first kappa shape index (κ1) is 15.0. The summed E-state index contributed by atoms with van der Waals surface area (Å²) in [7, 11) is 0. The second-order valence-corrected chi connectivity index (χ2v) is 4.89. The fourth-order valence-corrected chi connectivity index (χ4v) is 2.18. The third-order valence-corrected chi connectivity index (χ3v) is 3.24. The summed E-state index contributed by atoms with van der Waals surface area (Å²) in [5, 5.41) is 11.3. The molecule has 0 heterocycles. The van der Waals surface area contributed by atoms with Gasteiger partial charge in [0.05, 0.1) is 9.95 Å². The molecule has 2 aromatic carbocycles. The second-order valence-electron chi connectivity index (χ2n) is 4.48. The molecule has 2 rings (SSSR count). The highest BCUT2D eigenvalue weighted by molar-refractivity contribution is 6.34. The van der Waals surface area contributed by atoms with Crippen molar-refractivity contribution in [1.82, 2.24) is 0 Å². The van der Waals surface area contributed by atoms with Crippen molar-refractivity contribution in [3.05, 3.63) is 62.7 Å². The molecule has 0 aliphatic carbocycles. The number of nitro groups is 1. The predicted octanol–water partition coefficient (Wildman–Crippen LogP) is 4.55. The summed E-state index contributed by atoms with van der Waals surface area (Å²) in [5.41, 5.74) is 0.890. The van der Waals surface area contributed by atoms with Crippen molar-refractivity contribution in [2.75, 3.05) is 0 Å². The number of ether oxygens (including phenoxy) is 1. The summed E-state index contributed by atoms with van der Waals surface area (Å²) in [6, 6.07) is 9.23. The van der Waals surface area contributed by atoms with Crippen LogP contribution in [-0.4, -0.2) is 10.7 Å². The summed E-state index contributed by atoms with van der Waals surface area (Å²) in [5.74, 6) is 0.338. The number of nitrogens with zero attached hydrogens (tertiary/aromatic N) is 1. The first-order valence-corrected chi connectivity index (χ1v) is 6.50. The lowest BCUT2D eigenvalue weighted by Gasteiger charge is -2.10. The first-order valence-electron chi connectivity index (χ1n) is 6.12. The van der Waals surface area contributed by atoms with E-state index in [1.165, 1.54) is 25.1 Å². The fourth-order valence-electron chi connectivity index (χ4n) is 1.88. The summed E-state index contributed by atoms with van der Waals surface area (Å²) < 4.78 is 5.58. The molecule has 0 unspecified atom stereocenters. The minimum atomic E-state index is -0.506. The van der Waals surface area contributed by atoms with E-state index in [2.05, 4.69) is 0 Å². The maximum atomic E-state index is 11.3. The number of hydrogen-bond acceptors (Lipinski definition) is 4. The van der Waals surface area contributed by atoms with Gasteiger partial charge >= 0.3 is 5.69 Å². The van der Waals surface area contributed by atoms with E-state index in [1.807, 2.05) is 0 Å². The summed E-state index contributed by atoms with van der Waals surface area (Å²) in [6.07, 6.45) is 0. The molecule has 0 saturated heterocycles. The maximum Gasteiger partial charge on any atom is 0.311 e. The number of hydrogen-bond donors (Lipinski definition) is 0. The minimum Gasteiger partial charge on any atom is -0.450 e. The summed E-state index contributed by atoms with van der Waals surface area (Å²) >= 11 is 6.00. The molecule has 108 valence electrons. The molecule has 5 nitrogen and oxygen atoms in total. The Morgan fingerprint density at radius 3 is 2.57 bits per heavy atom. The topological polar surface area (TPSA) is 69.4 Å².